The highest BCUT2D eigenvalue weighted by molar-refractivity contribution is 5.80. The Hall–Kier alpha value is -1.36. The quantitative estimate of drug-likeness (QED) is 0.774. The van der Waals surface area contributed by atoms with Crippen LogP contribution in [0.15, 0.2) is 18.5 Å². The summed E-state index contributed by atoms with van der Waals surface area (Å²) in [6.07, 6.45) is 5.68. The Balaban J connectivity index is 1.87. The maximum atomic E-state index is 11.9. The molecule has 2 rings (SSSR count). The van der Waals surface area contributed by atoms with E-state index in [1.165, 1.54) is 0 Å². The number of hydrogen-bond donors (Lipinski definition) is 2. The van der Waals surface area contributed by atoms with Gasteiger partial charge in [-0.25, -0.2) is 0 Å². The van der Waals surface area contributed by atoms with Gasteiger partial charge in [-0.3, -0.25) is 9.48 Å². The Morgan fingerprint density at radius 3 is 3.19 bits per heavy atom. The number of piperidine rings is 1. The number of aromatic nitrogens is 2. The van der Waals surface area contributed by atoms with Crippen molar-refractivity contribution in [1.29, 1.82) is 0 Å². The number of nitrogens with zero attached hydrogens (tertiary/aromatic N) is 2. The second-order valence-corrected chi connectivity index (χ2v) is 4.21. The molecule has 0 saturated carbocycles. The molecule has 2 atom stereocenters. The first-order chi connectivity index (χ1) is 7.77. The van der Waals surface area contributed by atoms with Crippen molar-refractivity contribution in [3.05, 3.63) is 18.5 Å². The summed E-state index contributed by atoms with van der Waals surface area (Å²) < 4.78 is 1.67. The monoisotopic (exact) mass is 222 g/mol. The van der Waals surface area contributed by atoms with E-state index in [0.717, 1.165) is 25.9 Å². The van der Waals surface area contributed by atoms with Gasteiger partial charge in [-0.2, -0.15) is 5.10 Å². The van der Waals surface area contributed by atoms with Crippen LogP contribution in [0.1, 0.15) is 25.8 Å². The van der Waals surface area contributed by atoms with Crippen LogP contribution in [-0.2, 0) is 4.79 Å². The largest absolute Gasteiger partial charge is 0.350 e. The molecule has 1 saturated heterocycles. The third kappa shape index (κ3) is 2.61. The summed E-state index contributed by atoms with van der Waals surface area (Å²) in [6.45, 7) is 3.79. The average Bonchev–Trinajstić information content (AvgIpc) is 2.83. The van der Waals surface area contributed by atoms with E-state index in [1.54, 1.807) is 10.9 Å². The van der Waals surface area contributed by atoms with Gasteiger partial charge < -0.3 is 10.6 Å². The third-order valence-corrected chi connectivity index (χ3v) is 2.94. The van der Waals surface area contributed by atoms with Crippen molar-refractivity contribution in [3.8, 4) is 0 Å². The molecule has 0 bridgehead atoms. The highest BCUT2D eigenvalue weighted by atomic mass is 16.2. The number of carbonyl (C=O) groups is 1. The Labute approximate surface area is 95.2 Å². The number of carbonyl (C=O) groups excluding carboxylic acids is 1. The molecule has 1 aliphatic rings. The van der Waals surface area contributed by atoms with Gasteiger partial charge in [0.05, 0.1) is 0 Å². The molecule has 0 aromatic carbocycles. The van der Waals surface area contributed by atoms with Crippen LogP contribution in [0.3, 0.4) is 0 Å². The number of hydrogen-bond acceptors (Lipinski definition) is 3. The molecule has 1 amide bonds. The summed E-state index contributed by atoms with van der Waals surface area (Å²) in [7, 11) is 0. The van der Waals surface area contributed by atoms with Crippen molar-refractivity contribution < 1.29 is 4.79 Å². The Morgan fingerprint density at radius 2 is 2.56 bits per heavy atom. The highest BCUT2D eigenvalue weighted by Crippen LogP contribution is 2.06. The number of amides is 1. The van der Waals surface area contributed by atoms with Gasteiger partial charge in [-0.05, 0) is 32.4 Å². The smallest absolute Gasteiger partial charge is 0.244 e. The molecule has 1 unspecified atom stereocenters. The first kappa shape index (κ1) is 11.1. The lowest BCUT2D eigenvalue weighted by atomic mass is 10.1. The summed E-state index contributed by atoms with van der Waals surface area (Å²) in [5, 5.41) is 10.4. The van der Waals surface area contributed by atoms with Crippen molar-refractivity contribution in [2.45, 2.75) is 31.8 Å². The molecular formula is C11H18N4O. The summed E-state index contributed by atoms with van der Waals surface area (Å²) >= 11 is 0. The molecule has 0 spiro atoms. The fraction of sp³-hybridized carbons (Fsp3) is 0.636. The molecule has 1 aromatic rings. The molecular weight excluding hydrogens is 204 g/mol. The van der Waals surface area contributed by atoms with Gasteiger partial charge in [0.2, 0.25) is 5.91 Å². The first-order valence-corrected chi connectivity index (χ1v) is 5.77. The van der Waals surface area contributed by atoms with E-state index in [1.807, 2.05) is 19.2 Å². The fourth-order valence-corrected chi connectivity index (χ4v) is 1.93. The predicted molar refractivity (Wildman–Crippen MR) is 61.0 cm³/mol. The van der Waals surface area contributed by atoms with Crippen molar-refractivity contribution in [1.82, 2.24) is 20.4 Å². The van der Waals surface area contributed by atoms with Gasteiger partial charge in [0.1, 0.15) is 6.04 Å². The normalized spacial score (nSPS) is 22.7. The molecule has 1 aromatic heterocycles. The Morgan fingerprint density at radius 1 is 1.69 bits per heavy atom. The van der Waals surface area contributed by atoms with Crippen LogP contribution in [0.4, 0.5) is 0 Å². The van der Waals surface area contributed by atoms with E-state index in [2.05, 4.69) is 15.7 Å². The molecule has 88 valence electrons. The van der Waals surface area contributed by atoms with E-state index in [9.17, 15) is 4.79 Å². The number of rotatable bonds is 3. The molecule has 0 aliphatic carbocycles. The van der Waals surface area contributed by atoms with Crippen LogP contribution in [0.2, 0.25) is 0 Å². The second kappa shape index (κ2) is 5.12. The summed E-state index contributed by atoms with van der Waals surface area (Å²) in [4.78, 5) is 11.9. The SMILES string of the molecule is CC(C(=O)N[C@@H]1CCCNC1)n1cccn1. The standard InChI is InChI=1S/C11H18N4O/c1-9(15-7-3-6-13-15)11(16)14-10-4-2-5-12-8-10/h3,6-7,9-10,12H,2,4-5,8H2,1H3,(H,14,16)/t9?,10-/m1/s1. The van der Waals surface area contributed by atoms with Crippen molar-refractivity contribution in [2.75, 3.05) is 13.1 Å². The zero-order valence-electron chi connectivity index (χ0n) is 9.52. The molecule has 1 aliphatic heterocycles. The lowest BCUT2D eigenvalue weighted by Gasteiger charge is -2.25. The molecule has 1 fully saturated rings. The van der Waals surface area contributed by atoms with Gasteiger partial charge in [-0.1, -0.05) is 0 Å². The summed E-state index contributed by atoms with van der Waals surface area (Å²) in [5.41, 5.74) is 0. The molecule has 2 heterocycles. The fourth-order valence-electron chi connectivity index (χ4n) is 1.93. The van der Waals surface area contributed by atoms with Crippen LogP contribution in [-0.4, -0.2) is 34.8 Å². The van der Waals surface area contributed by atoms with E-state index in [0.29, 0.717) is 0 Å². The lowest BCUT2D eigenvalue weighted by molar-refractivity contribution is -0.125. The van der Waals surface area contributed by atoms with Gasteiger partial charge in [0.25, 0.3) is 0 Å². The van der Waals surface area contributed by atoms with E-state index < -0.39 is 0 Å². The highest BCUT2D eigenvalue weighted by Gasteiger charge is 2.20. The Kier molecular flexibility index (Phi) is 3.56. The van der Waals surface area contributed by atoms with Gasteiger partial charge in [0.15, 0.2) is 0 Å². The van der Waals surface area contributed by atoms with Crippen LogP contribution in [0, 0.1) is 0 Å². The minimum atomic E-state index is -0.239. The van der Waals surface area contributed by atoms with E-state index >= 15 is 0 Å². The maximum absolute atomic E-state index is 11.9. The van der Waals surface area contributed by atoms with Crippen LogP contribution >= 0.6 is 0 Å². The zero-order chi connectivity index (χ0) is 11.4. The van der Waals surface area contributed by atoms with E-state index in [4.69, 9.17) is 0 Å². The van der Waals surface area contributed by atoms with Crippen LogP contribution in [0.5, 0.6) is 0 Å². The third-order valence-electron chi connectivity index (χ3n) is 2.94. The van der Waals surface area contributed by atoms with Crippen molar-refractivity contribution in [2.24, 2.45) is 0 Å². The summed E-state index contributed by atoms with van der Waals surface area (Å²) in [6, 6.07) is 1.85. The van der Waals surface area contributed by atoms with Crippen LogP contribution < -0.4 is 10.6 Å². The van der Waals surface area contributed by atoms with Gasteiger partial charge in [-0.15, -0.1) is 0 Å². The summed E-state index contributed by atoms with van der Waals surface area (Å²) in [5.74, 6) is 0.0393. The van der Waals surface area contributed by atoms with Crippen LogP contribution in [0.25, 0.3) is 0 Å². The molecule has 5 heteroatoms. The molecule has 0 radical (unpaired) electrons. The van der Waals surface area contributed by atoms with Gasteiger partial charge in [0, 0.05) is 25.0 Å². The topological polar surface area (TPSA) is 59.0 Å². The predicted octanol–water partition coefficient (Wildman–Crippen LogP) is 0.312. The van der Waals surface area contributed by atoms with E-state index in [-0.39, 0.29) is 18.0 Å². The van der Waals surface area contributed by atoms with Crippen molar-refractivity contribution in [3.63, 3.8) is 0 Å². The zero-order valence-corrected chi connectivity index (χ0v) is 9.52. The van der Waals surface area contributed by atoms with Crippen molar-refractivity contribution >= 4 is 5.91 Å². The molecule has 2 N–H and O–H groups in total. The minimum Gasteiger partial charge on any atom is -0.350 e. The Bertz CT molecular complexity index is 330. The van der Waals surface area contributed by atoms with Gasteiger partial charge >= 0.3 is 0 Å². The molecule has 5 nitrogen and oxygen atoms in total. The number of nitrogens with one attached hydrogen (secondary N) is 2. The molecule has 16 heavy (non-hydrogen) atoms. The lowest BCUT2D eigenvalue weighted by Crippen LogP contribution is -2.47. The minimum absolute atomic E-state index is 0.0393. The second-order valence-electron chi connectivity index (χ2n) is 4.21. The average molecular weight is 222 g/mol. The maximum Gasteiger partial charge on any atom is 0.244 e. The first-order valence-electron chi connectivity index (χ1n) is 5.77.